The van der Waals surface area contributed by atoms with Crippen molar-refractivity contribution in [1.82, 2.24) is 10.5 Å². The number of nitrogens with zero attached hydrogens (tertiary/aromatic N) is 1. The first-order valence-corrected chi connectivity index (χ1v) is 7.13. The molecule has 5 nitrogen and oxygen atoms in total. The Balaban J connectivity index is 1.71. The quantitative estimate of drug-likeness (QED) is 0.822. The van der Waals surface area contributed by atoms with Gasteiger partial charge in [-0.2, -0.15) is 0 Å². The predicted molar refractivity (Wildman–Crippen MR) is 80.6 cm³/mol. The van der Waals surface area contributed by atoms with Gasteiger partial charge in [-0.05, 0) is 32.0 Å². The molecule has 1 atom stereocenters. The summed E-state index contributed by atoms with van der Waals surface area (Å²) in [6.45, 7) is 5.00. The smallest absolute Gasteiger partial charge is 0.138 e. The van der Waals surface area contributed by atoms with Crippen LogP contribution in [0, 0.1) is 13.8 Å². The number of aromatic nitrogens is 1. The number of benzene rings is 1. The second kappa shape index (κ2) is 7.45. The highest BCUT2D eigenvalue weighted by atomic mass is 35.5. The Morgan fingerprint density at radius 3 is 2.90 bits per heavy atom. The molecule has 0 aliphatic carbocycles. The first-order valence-electron chi connectivity index (χ1n) is 6.75. The number of hydrogen-bond donors (Lipinski definition) is 2. The SMILES string of the molecule is Cc1noc(C)c1CNCC(O)COc1cccc(Cl)c1. The molecule has 114 valence electrons. The van der Waals surface area contributed by atoms with Gasteiger partial charge in [0.25, 0.3) is 0 Å². The molecule has 0 amide bonds. The fourth-order valence-electron chi connectivity index (χ4n) is 1.93. The summed E-state index contributed by atoms with van der Waals surface area (Å²) in [5.41, 5.74) is 1.89. The van der Waals surface area contributed by atoms with E-state index in [0.717, 1.165) is 17.0 Å². The zero-order chi connectivity index (χ0) is 15.2. The molecular weight excluding hydrogens is 292 g/mol. The summed E-state index contributed by atoms with van der Waals surface area (Å²) in [6, 6.07) is 7.09. The van der Waals surface area contributed by atoms with Gasteiger partial charge in [-0.15, -0.1) is 0 Å². The lowest BCUT2D eigenvalue weighted by molar-refractivity contribution is 0.106. The molecule has 1 aromatic heterocycles. The number of hydrogen-bond acceptors (Lipinski definition) is 5. The number of halogens is 1. The average Bonchev–Trinajstić information content (AvgIpc) is 2.77. The van der Waals surface area contributed by atoms with Crippen molar-refractivity contribution in [3.05, 3.63) is 46.3 Å². The van der Waals surface area contributed by atoms with Crippen LogP contribution >= 0.6 is 11.6 Å². The third-order valence-corrected chi connectivity index (χ3v) is 3.34. The van der Waals surface area contributed by atoms with Gasteiger partial charge in [-0.1, -0.05) is 22.8 Å². The van der Waals surface area contributed by atoms with Gasteiger partial charge in [0.15, 0.2) is 0 Å². The molecule has 0 saturated heterocycles. The van der Waals surface area contributed by atoms with Gasteiger partial charge in [-0.25, -0.2) is 0 Å². The van der Waals surface area contributed by atoms with E-state index in [1.807, 2.05) is 13.8 Å². The Bertz CT molecular complexity index is 567. The van der Waals surface area contributed by atoms with Gasteiger partial charge >= 0.3 is 0 Å². The van der Waals surface area contributed by atoms with E-state index in [4.69, 9.17) is 20.9 Å². The molecule has 2 N–H and O–H groups in total. The summed E-state index contributed by atoms with van der Waals surface area (Å²) in [6.07, 6.45) is -0.607. The molecule has 6 heteroatoms. The molecule has 0 saturated carbocycles. The van der Waals surface area contributed by atoms with Crippen molar-refractivity contribution in [1.29, 1.82) is 0 Å². The molecule has 2 aromatic rings. The molecule has 21 heavy (non-hydrogen) atoms. The Kier molecular flexibility index (Phi) is 5.61. The number of rotatable bonds is 7. The second-order valence-electron chi connectivity index (χ2n) is 4.86. The van der Waals surface area contributed by atoms with Crippen LogP contribution in [0.2, 0.25) is 5.02 Å². The summed E-state index contributed by atoms with van der Waals surface area (Å²) in [4.78, 5) is 0. The largest absolute Gasteiger partial charge is 0.491 e. The van der Waals surface area contributed by atoms with E-state index in [9.17, 15) is 5.11 Å². The maximum Gasteiger partial charge on any atom is 0.138 e. The lowest BCUT2D eigenvalue weighted by Crippen LogP contribution is -2.31. The maximum absolute atomic E-state index is 9.89. The highest BCUT2D eigenvalue weighted by Crippen LogP contribution is 2.17. The van der Waals surface area contributed by atoms with E-state index in [0.29, 0.717) is 23.9 Å². The maximum atomic E-state index is 9.89. The van der Waals surface area contributed by atoms with Crippen molar-refractivity contribution in [2.75, 3.05) is 13.2 Å². The Morgan fingerprint density at radius 2 is 2.24 bits per heavy atom. The van der Waals surface area contributed by atoms with Crippen LogP contribution in [-0.4, -0.2) is 29.5 Å². The zero-order valence-corrected chi connectivity index (χ0v) is 12.9. The van der Waals surface area contributed by atoms with E-state index in [-0.39, 0.29) is 6.61 Å². The van der Waals surface area contributed by atoms with E-state index < -0.39 is 6.10 Å². The number of aryl methyl sites for hydroxylation is 2. The van der Waals surface area contributed by atoms with Crippen LogP contribution in [0.3, 0.4) is 0 Å². The number of aliphatic hydroxyl groups excluding tert-OH is 1. The summed E-state index contributed by atoms with van der Waals surface area (Å²) >= 11 is 5.86. The molecule has 1 aromatic carbocycles. The molecule has 1 heterocycles. The number of nitrogens with one attached hydrogen (secondary N) is 1. The fourth-order valence-corrected chi connectivity index (χ4v) is 2.11. The van der Waals surface area contributed by atoms with Crippen molar-refractivity contribution >= 4 is 11.6 Å². The standard InChI is InChI=1S/C15H19ClN2O3/c1-10-15(11(2)21-18-10)8-17-7-13(19)9-20-14-5-3-4-12(16)6-14/h3-6,13,17,19H,7-9H2,1-2H3. The molecule has 0 aliphatic heterocycles. The van der Waals surface area contributed by atoms with E-state index in [1.54, 1.807) is 24.3 Å². The average molecular weight is 311 g/mol. The van der Waals surface area contributed by atoms with E-state index >= 15 is 0 Å². The monoisotopic (exact) mass is 310 g/mol. The van der Waals surface area contributed by atoms with Crippen LogP contribution in [0.15, 0.2) is 28.8 Å². The molecule has 0 fully saturated rings. The van der Waals surface area contributed by atoms with E-state index in [2.05, 4.69) is 10.5 Å². The highest BCUT2D eigenvalue weighted by molar-refractivity contribution is 6.30. The van der Waals surface area contributed by atoms with Crippen LogP contribution < -0.4 is 10.1 Å². The third kappa shape index (κ3) is 4.74. The fraction of sp³-hybridized carbons (Fsp3) is 0.400. The first kappa shape index (κ1) is 15.8. The summed E-state index contributed by atoms with van der Waals surface area (Å²) < 4.78 is 10.6. The van der Waals surface area contributed by atoms with Crippen molar-refractivity contribution in [3.8, 4) is 5.75 Å². The molecule has 0 aliphatic rings. The predicted octanol–water partition coefficient (Wildman–Crippen LogP) is 2.47. The second-order valence-corrected chi connectivity index (χ2v) is 5.29. The van der Waals surface area contributed by atoms with Gasteiger partial charge in [-0.3, -0.25) is 0 Å². The van der Waals surface area contributed by atoms with Gasteiger partial charge in [0.2, 0.25) is 0 Å². The van der Waals surface area contributed by atoms with Gasteiger partial charge in [0, 0.05) is 23.7 Å². The van der Waals surface area contributed by atoms with Gasteiger partial charge < -0.3 is 19.7 Å². The van der Waals surface area contributed by atoms with Crippen LogP contribution in [0.5, 0.6) is 5.75 Å². The van der Waals surface area contributed by atoms with Crippen molar-refractivity contribution in [3.63, 3.8) is 0 Å². The van der Waals surface area contributed by atoms with E-state index in [1.165, 1.54) is 0 Å². The normalized spacial score (nSPS) is 12.4. The van der Waals surface area contributed by atoms with Crippen molar-refractivity contribution in [2.24, 2.45) is 0 Å². The topological polar surface area (TPSA) is 67.5 Å². The molecule has 2 rings (SSSR count). The van der Waals surface area contributed by atoms with Gasteiger partial charge in [0.1, 0.15) is 24.2 Å². The van der Waals surface area contributed by atoms with Gasteiger partial charge in [0.05, 0.1) is 5.69 Å². The summed E-state index contributed by atoms with van der Waals surface area (Å²) in [5, 5.41) is 17.5. The highest BCUT2D eigenvalue weighted by Gasteiger charge is 2.10. The summed E-state index contributed by atoms with van der Waals surface area (Å²) in [7, 11) is 0. The molecular formula is C15H19ClN2O3. The van der Waals surface area contributed by atoms with Crippen LogP contribution in [-0.2, 0) is 6.54 Å². The molecule has 0 bridgehead atoms. The first-order chi connectivity index (χ1) is 10.1. The molecule has 0 radical (unpaired) electrons. The Hall–Kier alpha value is -1.56. The van der Waals surface area contributed by atoms with Crippen molar-refractivity contribution in [2.45, 2.75) is 26.5 Å². The number of aliphatic hydroxyl groups is 1. The van der Waals surface area contributed by atoms with Crippen LogP contribution in [0.4, 0.5) is 0 Å². The minimum absolute atomic E-state index is 0.203. The minimum atomic E-state index is -0.607. The Labute approximate surface area is 128 Å². The summed E-state index contributed by atoms with van der Waals surface area (Å²) in [5.74, 6) is 1.44. The Morgan fingerprint density at radius 1 is 1.43 bits per heavy atom. The lowest BCUT2D eigenvalue weighted by atomic mass is 10.2. The lowest BCUT2D eigenvalue weighted by Gasteiger charge is -2.13. The molecule has 0 spiro atoms. The van der Waals surface area contributed by atoms with Crippen molar-refractivity contribution < 1.29 is 14.4 Å². The minimum Gasteiger partial charge on any atom is -0.491 e. The number of ether oxygens (including phenoxy) is 1. The van der Waals surface area contributed by atoms with Crippen LogP contribution in [0.25, 0.3) is 0 Å². The third-order valence-electron chi connectivity index (χ3n) is 3.10. The van der Waals surface area contributed by atoms with Crippen LogP contribution in [0.1, 0.15) is 17.0 Å². The molecule has 1 unspecified atom stereocenters. The zero-order valence-electron chi connectivity index (χ0n) is 12.1.